The van der Waals surface area contributed by atoms with E-state index in [4.69, 9.17) is 8.83 Å². The van der Waals surface area contributed by atoms with Gasteiger partial charge in [0.25, 0.3) is 0 Å². The van der Waals surface area contributed by atoms with E-state index in [2.05, 4.69) is 222 Å². The van der Waals surface area contributed by atoms with E-state index < -0.39 is 0 Å². The number of rotatable bonds is 6. The molecule has 0 aliphatic heterocycles. The third-order valence-electron chi connectivity index (χ3n) is 12.6. The van der Waals surface area contributed by atoms with Crippen molar-refractivity contribution in [3.8, 4) is 27.9 Å². The molecule has 4 nitrogen and oxygen atoms in total. The van der Waals surface area contributed by atoms with Gasteiger partial charge in [-0.3, -0.25) is 0 Å². The normalized spacial score (nSPS) is 11.9. The van der Waals surface area contributed by atoms with Gasteiger partial charge in [0.1, 0.15) is 22.3 Å². The van der Waals surface area contributed by atoms with Crippen molar-refractivity contribution in [2.45, 2.75) is 0 Å². The van der Waals surface area contributed by atoms with Crippen molar-refractivity contribution in [1.29, 1.82) is 0 Å². The van der Waals surface area contributed by atoms with Gasteiger partial charge in [-0.2, -0.15) is 0 Å². The average molecular weight is 793 g/mol. The van der Waals surface area contributed by atoms with Crippen LogP contribution >= 0.6 is 0 Å². The highest BCUT2D eigenvalue weighted by molar-refractivity contribution is 6.23. The largest absolute Gasteiger partial charge is 0.456 e. The van der Waals surface area contributed by atoms with Crippen LogP contribution in [0.4, 0.5) is 17.1 Å². The standard InChI is InChI=1S/C58H36N2O2/c1-2-16-40(17-3-1)59(42-18-12-15-39(34-42)45-23-13-27-54-57(45)56-44-19-5-4-14-37(44)30-33-55(56)61-54)41-31-28-38(29-32-41)49-35-43(36-50-48-22-8-11-26-53(48)62-58(49)50)60-51-24-9-6-20-46(51)47-21-7-10-25-52(47)60/h1-36H. The summed E-state index contributed by atoms with van der Waals surface area (Å²) in [4.78, 5) is 2.33. The van der Waals surface area contributed by atoms with Crippen LogP contribution in [-0.4, -0.2) is 4.57 Å². The van der Waals surface area contributed by atoms with Gasteiger partial charge < -0.3 is 18.3 Å². The van der Waals surface area contributed by atoms with Gasteiger partial charge in [0, 0.05) is 60.6 Å². The molecule has 0 amide bonds. The lowest BCUT2D eigenvalue weighted by atomic mass is 9.96. The summed E-state index contributed by atoms with van der Waals surface area (Å²) in [6.45, 7) is 0. The number of nitrogens with zero attached hydrogens (tertiary/aromatic N) is 2. The van der Waals surface area contributed by atoms with E-state index in [0.29, 0.717) is 0 Å². The minimum absolute atomic E-state index is 0.877. The SMILES string of the molecule is c1ccc(N(c2ccc(-c3cc(-n4c5ccccc5c5ccccc54)cc4c3oc3ccccc34)cc2)c2cccc(-c3cccc4oc5ccc6ccccc6c5c34)c2)cc1. The van der Waals surface area contributed by atoms with Gasteiger partial charge in [0.2, 0.25) is 0 Å². The second kappa shape index (κ2) is 13.6. The molecule has 4 heteroatoms. The zero-order valence-corrected chi connectivity index (χ0v) is 33.5. The number of aromatic nitrogens is 1. The Morgan fingerprint density at radius 3 is 1.77 bits per heavy atom. The summed E-state index contributed by atoms with van der Waals surface area (Å²) in [7, 11) is 0. The van der Waals surface area contributed by atoms with Crippen LogP contribution in [0.2, 0.25) is 0 Å². The van der Waals surface area contributed by atoms with Crippen molar-refractivity contribution in [3.63, 3.8) is 0 Å². The van der Waals surface area contributed by atoms with Gasteiger partial charge in [-0.15, -0.1) is 0 Å². The monoisotopic (exact) mass is 792 g/mol. The van der Waals surface area contributed by atoms with Crippen LogP contribution in [0.25, 0.3) is 104 Å². The van der Waals surface area contributed by atoms with Crippen LogP contribution in [0, 0.1) is 0 Å². The summed E-state index contributed by atoms with van der Waals surface area (Å²) < 4.78 is 15.6. The molecule has 0 N–H and O–H groups in total. The summed E-state index contributed by atoms with van der Waals surface area (Å²) in [5, 5.41) is 9.34. The van der Waals surface area contributed by atoms with E-state index in [1.54, 1.807) is 0 Å². The molecule has 0 spiro atoms. The van der Waals surface area contributed by atoms with Crippen molar-refractivity contribution in [2.24, 2.45) is 0 Å². The molecule has 0 unspecified atom stereocenters. The molecule has 0 aliphatic carbocycles. The summed E-state index contributed by atoms with van der Waals surface area (Å²) in [5.41, 5.74) is 14.5. The first kappa shape index (κ1) is 34.5. The van der Waals surface area contributed by atoms with E-state index in [1.807, 2.05) is 6.07 Å². The highest BCUT2D eigenvalue weighted by atomic mass is 16.3. The number of fused-ring (bicyclic) bond motifs is 11. The summed E-state index contributed by atoms with van der Waals surface area (Å²) in [5.74, 6) is 0. The fraction of sp³-hybridized carbons (Fsp3) is 0. The smallest absolute Gasteiger partial charge is 0.143 e. The fourth-order valence-electron chi connectivity index (χ4n) is 9.81. The minimum Gasteiger partial charge on any atom is -0.456 e. The van der Waals surface area contributed by atoms with Crippen molar-refractivity contribution in [1.82, 2.24) is 4.57 Å². The number of furan rings is 2. The molecule has 13 rings (SSSR count). The molecule has 0 saturated carbocycles. The summed E-state index contributed by atoms with van der Waals surface area (Å²) in [6, 6.07) is 77.9. The molecule has 3 aromatic heterocycles. The predicted octanol–water partition coefficient (Wildman–Crippen LogP) is 16.5. The van der Waals surface area contributed by atoms with Crippen molar-refractivity contribution >= 4 is 93.5 Å². The lowest BCUT2D eigenvalue weighted by Gasteiger charge is -2.26. The van der Waals surface area contributed by atoms with Crippen LogP contribution in [0.3, 0.4) is 0 Å². The third kappa shape index (κ3) is 5.27. The summed E-state index contributed by atoms with van der Waals surface area (Å²) >= 11 is 0. The number of anilines is 3. The van der Waals surface area contributed by atoms with Gasteiger partial charge >= 0.3 is 0 Å². The van der Waals surface area contributed by atoms with Gasteiger partial charge in [0.15, 0.2) is 0 Å². The number of para-hydroxylation sites is 4. The molecular weight excluding hydrogens is 757 g/mol. The molecule has 13 aromatic rings. The maximum Gasteiger partial charge on any atom is 0.143 e. The average Bonchev–Trinajstić information content (AvgIpc) is 4.02. The molecule has 10 aromatic carbocycles. The van der Waals surface area contributed by atoms with Crippen molar-refractivity contribution in [3.05, 3.63) is 218 Å². The van der Waals surface area contributed by atoms with E-state index in [9.17, 15) is 0 Å². The maximum atomic E-state index is 6.71. The van der Waals surface area contributed by atoms with Crippen LogP contribution in [0.1, 0.15) is 0 Å². The molecule has 0 bridgehead atoms. The van der Waals surface area contributed by atoms with Crippen LogP contribution in [0.5, 0.6) is 0 Å². The van der Waals surface area contributed by atoms with Crippen LogP contribution < -0.4 is 4.90 Å². The highest BCUT2D eigenvalue weighted by Gasteiger charge is 2.21. The molecule has 290 valence electrons. The quantitative estimate of drug-likeness (QED) is 0.168. The number of benzene rings is 10. The summed E-state index contributed by atoms with van der Waals surface area (Å²) in [6.07, 6.45) is 0. The maximum absolute atomic E-state index is 6.71. The van der Waals surface area contributed by atoms with Crippen LogP contribution in [-0.2, 0) is 0 Å². The zero-order chi connectivity index (χ0) is 40.7. The molecule has 0 fully saturated rings. The number of hydrogen-bond donors (Lipinski definition) is 0. The lowest BCUT2D eigenvalue weighted by molar-refractivity contribution is 0.669. The van der Waals surface area contributed by atoms with E-state index >= 15 is 0 Å². The molecule has 62 heavy (non-hydrogen) atoms. The van der Waals surface area contributed by atoms with Gasteiger partial charge in [-0.25, -0.2) is 0 Å². The first-order valence-electron chi connectivity index (χ1n) is 21.1. The van der Waals surface area contributed by atoms with Gasteiger partial charge in [0.05, 0.1) is 11.0 Å². The van der Waals surface area contributed by atoms with Crippen LogP contribution in [0.15, 0.2) is 227 Å². The molecule has 0 aliphatic rings. The zero-order valence-electron chi connectivity index (χ0n) is 33.5. The minimum atomic E-state index is 0.877. The Morgan fingerprint density at radius 2 is 0.968 bits per heavy atom. The van der Waals surface area contributed by atoms with Gasteiger partial charge in [-0.1, -0.05) is 140 Å². The Labute approximate surface area is 356 Å². The Bertz CT molecular complexity index is 3820. The topological polar surface area (TPSA) is 34.5 Å². The second-order valence-electron chi connectivity index (χ2n) is 16.0. The second-order valence-corrected chi connectivity index (χ2v) is 16.0. The number of hydrogen-bond acceptors (Lipinski definition) is 3. The first-order chi connectivity index (χ1) is 30.7. The molecule has 0 saturated heterocycles. The van der Waals surface area contributed by atoms with E-state index in [1.165, 1.54) is 32.6 Å². The third-order valence-corrected chi connectivity index (χ3v) is 12.6. The lowest BCUT2D eigenvalue weighted by Crippen LogP contribution is -2.09. The molecule has 0 radical (unpaired) electrons. The van der Waals surface area contributed by atoms with Crippen molar-refractivity contribution in [2.75, 3.05) is 4.90 Å². The first-order valence-corrected chi connectivity index (χ1v) is 21.1. The Kier molecular flexibility index (Phi) is 7.57. The molecule has 0 atom stereocenters. The molecule has 3 heterocycles. The Hall–Kier alpha value is -8.34. The van der Waals surface area contributed by atoms with Crippen molar-refractivity contribution < 1.29 is 8.83 Å². The van der Waals surface area contributed by atoms with E-state index in [0.717, 1.165) is 88.9 Å². The van der Waals surface area contributed by atoms with Gasteiger partial charge in [-0.05, 0) is 106 Å². The Morgan fingerprint density at radius 1 is 0.339 bits per heavy atom. The predicted molar refractivity (Wildman–Crippen MR) is 258 cm³/mol. The highest BCUT2D eigenvalue weighted by Crippen LogP contribution is 2.44. The molecular formula is C58H36N2O2. The Balaban J connectivity index is 0.970. The fourth-order valence-corrected chi connectivity index (χ4v) is 9.81. The van der Waals surface area contributed by atoms with E-state index in [-0.39, 0.29) is 0 Å².